The van der Waals surface area contributed by atoms with Gasteiger partial charge in [-0.25, -0.2) is 4.79 Å². The molecule has 1 aromatic rings. The second-order valence-electron chi connectivity index (χ2n) is 5.61. The van der Waals surface area contributed by atoms with Crippen molar-refractivity contribution in [3.8, 4) is 0 Å². The van der Waals surface area contributed by atoms with Crippen molar-refractivity contribution in [1.82, 2.24) is 15.5 Å². The number of furan rings is 1. The van der Waals surface area contributed by atoms with Gasteiger partial charge in [0.15, 0.2) is 0 Å². The van der Waals surface area contributed by atoms with Crippen LogP contribution in [-0.4, -0.2) is 36.0 Å². The summed E-state index contributed by atoms with van der Waals surface area (Å²) in [4.78, 5) is 25.7. The van der Waals surface area contributed by atoms with Crippen molar-refractivity contribution in [2.75, 3.05) is 7.05 Å². The normalized spacial score (nSPS) is 16.9. The fourth-order valence-electron chi connectivity index (χ4n) is 2.49. The number of nitrogens with zero attached hydrogens (tertiary/aromatic N) is 1. The standard InChI is InChI=1S/C15H23N3O3/c1-11(18(2)10-13-8-5-9-21-13)14(19)17-15(20)16-12-6-3-4-7-12/h5,8-9,11-12H,3-4,6-7,10H2,1-2H3,(H2,16,17,19,20). The van der Waals surface area contributed by atoms with Gasteiger partial charge < -0.3 is 9.73 Å². The van der Waals surface area contributed by atoms with E-state index in [4.69, 9.17) is 4.42 Å². The molecule has 6 heteroatoms. The molecule has 1 fully saturated rings. The summed E-state index contributed by atoms with van der Waals surface area (Å²) in [5.74, 6) is 0.479. The van der Waals surface area contributed by atoms with Gasteiger partial charge in [-0.1, -0.05) is 12.8 Å². The zero-order chi connectivity index (χ0) is 15.2. The van der Waals surface area contributed by atoms with Crippen molar-refractivity contribution in [1.29, 1.82) is 0 Å². The molecule has 1 aromatic heterocycles. The Kier molecular flexibility index (Phi) is 5.38. The summed E-state index contributed by atoms with van der Waals surface area (Å²) in [5, 5.41) is 5.25. The Hall–Kier alpha value is -1.82. The lowest BCUT2D eigenvalue weighted by Gasteiger charge is -2.23. The molecule has 0 saturated heterocycles. The smallest absolute Gasteiger partial charge is 0.321 e. The Morgan fingerprint density at radius 2 is 2.14 bits per heavy atom. The number of amides is 3. The van der Waals surface area contributed by atoms with Crippen molar-refractivity contribution in [3.63, 3.8) is 0 Å². The second kappa shape index (κ2) is 7.26. The number of carbonyl (C=O) groups is 2. The average Bonchev–Trinajstić information content (AvgIpc) is 3.11. The van der Waals surface area contributed by atoms with Gasteiger partial charge in [-0.05, 0) is 38.9 Å². The van der Waals surface area contributed by atoms with Gasteiger partial charge >= 0.3 is 6.03 Å². The van der Waals surface area contributed by atoms with E-state index < -0.39 is 12.1 Å². The summed E-state index contributed by atoms with van der Waals surface area (Å²) >= 11 is 0. The Morgan fingerprint density at radius 1 is 1.43 bits per heavy atom. The molecule has 1 atom stereocenters. The third-order valence-electron chi connectivity index (χ3n) is 3.95. The molecule has 3 amide bonds. The van der Waals surface area contributed by atoms with E-state index in [0.29, 0.717) is 6.54 Å². The molecule has 0 spiro atoms. The molecule has 0 aromatic carbocycles. The number of urea groups is 1. The zero-order valence-corrected chi connectivity index (χ0v) is 12.6. The molecule has 2 rings (SSSR count). The minimum absolute atomic E-state index is 0.203. The van der Waals surface area contributed by atoms with Gasteiger partial charge in [-0.3, -0.25) is 15.0 Å². The highest BCUT2D eigenvalue weighted by Crippen LogP contribution is 2.17. The predicted octanol–water partition coefficient (Wildman–Crippen LogP) is 1.87. The molecule has 0 radical (unpaired) electrons. The molecule has 2 N–H and O–H groups in total. The topological polar surface area (TPSA) is 74.6 Å². The Balaban J connectivity index is 1.76. The SMILES string of the molecule is CC(C(=O)NC(=O)NC1CCCC1)N(C)Cc1ccco1. The van der Waals surface area contributed by atoms with E-state index in [1.807, 2.05) is 24.1 Å². The summed E-state index contributed by atoms with van der Waals surface area (Å²) in [7, 11) is 1.82. The number of likely N-dealkylation sites (N-methyl/N-ethyl adjacent to an activating group) is 1. The van der Waals surface area contributed by atoms with Crippen LogP contribution in [-0.2, 0) is 11.3 Å². The van der Waals surface area contributed by atoms with Crippen LogP contribution < -0.4 is 10.6 Å². The average molecular weight is 293 g/mol. The molecule has 0 bridgehead atoms. The van der Waals surface area contributed by atoms with Crippen LogP contribution in [0.2, 0.25) is 0 Å². The van der Waals surface area contributed by atoms with Crippen molar-refractivity contribution in [3.05, 3.63) is 24.2 Å². The first-order valence-corrected chi connectivity index (χ1v) is 7.40. The van der Waals surface area contributed by atoms with Gasteiger partial charge in [0.1, 0.15) is 5.76 Å². The van der Waals surface area contributed by atoms with Crippen molar-refractivity contribution >= 4 is 11.9 Å². The first-order valence-electron chi connectivity index (χ1n) is 7.40. The molecular formula is C15H23N3O3. The maximum Gasteiger partial charge on any atom is 0.321 e. The molecular weight excluding hydrogens is 270 g/mol. The van der Waals surface area contributed by atoms with Gasteiger partial charge in [0.05, 0.1) is 18.8 Å². The van der Waals surface area contributed by atoms with Crippen LogP contribution >= 0.6 is 0 Å². The van der Waals surface area contributed by atoms with Crippen LogP contribution in [0.1, 0.15) is 38.4 Å². The molecule has 1 heterocycles. The van der Waals surface area contributed by atoms with E-state index in [1.165, 1.54) is 0 Å². The maximum absolute atomic E-state index is 12.1. The lowest BCUT2D eigenvalue weighted by molar-refractivity contribution is -0.124. The first kappa shape index (κ1) is 15.6. The number of imide groups is 1. The van der Waals surface area contributed by atoms with E-state index in [-0.39, 0.29) is 11.9 Å². The van der Waals surface area contributed by atoms with Crippen LogP contribution in [0, 0.1) is 0 Å². The second-order valence-corrected chi connectivity index (χ2v) is 5.61. The monoisotopic (exact) mass is 293 g/mol. The molecule has 1 saturated carbocycles. The van der Waals surface area contributed by atoms with Gasteiger partial charge in [0, 0.05) is 6.04 Å². The van der Waals surface area contributed by atoms with Crippen molar-refractivity contribution < 1.29 is 14.0 Å². The third kappa shape index (κ3) is 4.60. The highest BCUT2D eigenvalue weighted by atomic mass is 16.3. The zero-order valence-electron chi connectivity index (χ0n) is 12.6. The lowest BCUT2D eigenvalue weighted by Crippen LogP contribution is -2.50. The fraction of sp³-hybridized carbons (Fsp3) is 0.600. The summed E-state index contributed by atoms with van der Waals surface area (Å²) in [5.41, 5.74) is 0. The largest absolute Gasteiger partial charge is 0.468 e. The molecule has 116 valence electrons. The number of carbonyl (C=O) groups excluding carboxylic acids is 2. The molecule has 1 unspecified atom stereocenters. The van der Waals surface area contributed by atoms with Crippen LogP contribution in [0.3, 0.4) is 0 Å². The summed E-state index contributed by atoms with van der Waals surface area (Å²) in [6, 6.07) is 3.06. The third-order valence-corrected chi connectivity index (χ3v) is 3.95. The number of rotatable bonds is 5. The van der Waals surface area contributed by atoms with Gasteiger partial charge in [-0.2, -0.15) is 0 Å². The quantitative estimate of drug-likeness (QED) is 0.869. The number of nitrogens with one attached hydrogen (secondary N) is 2. The van der Waals surface area contributed by atoms with E-state index >= 15 is 0 Å². The van der Waals surface area contributed by atoms with Crippen molar-refractivity contribution in [2.45, 2.75) is 51.2 Å². The van der Waals surface area contributed by atoms with Crippen molar-refractivity contribution in [2.24, 2.45) is 0 Å². The minimum atomic E-state index is -0.413. The Bertz CT molecular complexity index is 467. The Morgan fingerprint density at radius 3 is 2.76 bits per heavy atom. The molecule has 21 heavy (non-hydrogen) atoms. The number of hydrogen-bond donors (Lipinski definition) is 2. The van der Waals surface area contributed by atoms with Gasteiger partial charge in [0.25, 0.3) is 0 Å². The predicted molar refractivity (Wildman–Crippen MR) is 78.6 cm³/mol. The summed E-state index contributed by atoms with van der Waals surface area (Å²) < 4.78 is 5.25. The minimum Gasteiger partial charge on any atom is -0.468 e. The molecule has 0 aliphatic heterocycles. The molecule has 1 aliphatic rings. The number of hydrogen-bond acceptors (Lipinski definition) is 4. The van der Waals surface area contributed by atoms with Crippen LogP contribution in [0.4, 0.5) is 4.79 Å². The summed E-state index contributed by atoms with van der Waals surface area (Å²) in [6.07, 6.45) is 5.87. The van der Waals surface area contributed by atoms with Crippen LogP contribution in [0.15, 0.2) is 22.8 Å². The molecule has 1 aliphatic carbocycles. The van der Waals surface area contributed by atoms with Crippen LogP contribution in [0.5, 0.6) is 0 Å². The first-order chi connectivity index (χ1) is 10.1. The highest BCUT2D eigenvalue weighted by molar-refractivity contribution is 5.96. The highest BCUT2D eigenvalue weighted by Gasteiger charge is 2.23. The van der Waals surface area contributed by atoms with Crippen LogP contribution in [0.25, 0.3) is 0 Å². The molecule has 6 nitrogen and oxygen atoms in total. The fourth-order valence-corrected chi connectivity index (χ4v) is 2.49. The van der Waals surface area contributed by atoms with E-state index in [2.05, 4.69) is 10.6 Å². The summed E-state index contributed by atoms with van der Waals surface area (Å²) in [6.45, 7) is 2.28. The van der Waals surface area contributed by atoms with Gasteiger partial charge in [0.2, 0.25) is 5.91 Å². The van der Waals surface area contributed by atoms with E-state index in [0.717, 1.165) is 31.4 Å². The maximum atomic E-state index is 12.1. The Labute approximate surface area is 124 Å². The van der Waals surface area contributed by atoms with Gasteiger partial charge in [-0.15, -0.1) is 0 Å². The van der Waals surface area contributed by atoms with E-state index in [9.17, 15) is 9.59 Å². The lowest BCUT2D eigenvalue weighted by atomic mass is 10.2. The van der Waals surface area contributed by atoms with E-state index in [1.54, 1.807) is 13.2 Å².